The van der Waals surface area contributed by atoms with E-state index < -0.39 is 0 Å². The Kier molecular flexibility index (Phi) is 4.17. The summed E-state index contributed by atoms with van der Waals surface area (Å²) in [6, 6.07) is 9.80. The van der Waals surface area contributed by atoms with E-state index in [1.165, 1.54) is 0 Å². The van der Waals surface area contributed by atoms with E-state index >= 15 is 0 Å². The summed E-state index contributed by atoms with van der Waals surface area (Å²) in [4.78, 5) is 4.30. The van der Waals surface area contributed by atoms with Crippen LogP contribution in [-0.2, 0) is 6.61 Å². The minimum atomic E-state index is 0.00157. The van der Waals surface area contributed by atoms with Crippen LogP contribution in [0.2, 0.25) is 0 Å². The van der Waals surface area contributed by atoms with Crippen molar-refractivity contribution in [2.75, 3.05) is 0 Å². The van der Waals surface area contributed by atoms with Crippen molar-refractivity contribution in [3.8, 4) is 16.9 Å². The Hall–Kier alpha value is -1.87. The first-order chi connectivity index (χ1) is 9.08. The van der Waals surface area contributed by atoms with Gasteiger partial charge < -0.3 is 9.84 Å². The van der Waals surface area contributed by atoms with Gasteiger partial charge in [-0.15, -0.1) is 0 Å². The maximum atomic E-state index is 9.34. The molecule has 1 heterocycles. The maximum absolute atomic E-state index is 9.34. The van der Waals surface area contributed by atoms with Crippen LogP contribution in [0.3, 0.4) is 0 Å². The van der Waals surface area contributed by atoms with Gasteiger partial charge in [0.2, 0.25) is 0 Å². The van der Waals surface area contributed by atoms with Gasteiger partial charge in [-0.3, -0.25) is 4.98 Å². The molecule has 2 rings (SSSR count). The highest BCUT2D eigenvalue weighted by Crippen LogP contribution is 2.26. The van der Waals surface area contributed by atoms with Crippen molar-refractivity contribution < 1.29 is 9.84 Å². The molecule has 2 aromatic rings. The molecular formula is C16H19NO2. The second-order valence-corrected chi connectivity index (χ2v) is 4.88. The van der Waals surface area contributed by atoms with Crippen LogP contribution in [0, 0.1) is 6.92 Å². The minimum Gasteiger partial charge on any atom is -0.491 e. The van der Waals surface area contributed by atoms with E-state index in [9.17, 15) is 5.11 Å². The van der Waals surface area contributed by atoms with Crippen LogP contribution >= 0.6 is 0 Å². The number of pyridine rings is 1. The molecule has 0 bridgehead atoms. The molecule has 0 aliphatic carbocycles. The molecule has 0 amide bonds. The summed E-state index contributed by atoms with van der Waals surface area (Å²) in [6.07, 6.45) is 1.95. The Balaban J connectivity index is 2.41. The summed E-state index contributed by atoms with van der Waals surface area (Å²) < 4.78 is 5.71. The number of ether oxygens (including phenoxy) is 1. The van der Waals surface area contributed by atoms with E-state index in [4.69, 9.17) is 4.74 Å². The average Bonchev–Trinajstić information content (AvgIpc) is 2.38. The molecule has 0 fully saturated rings. The number of benzene rings is 1. The van der Waals surface area contributed by atoms with Crippen molar-refractivity contribution in [3.05, 3.63) is 47.8 Å². The lowest BCUT2D eigenvalue weighted by atomic mass is 10.0. The first kappa shape index (κ1) is 13.6. The largest absolute Gasteiger partial charge is 0.491 e. The zero-order valence-corrected chi connectivity index (χ0v) is 11.6. The highest BCUT2D eigenvalue weighted by atomic mass is 16.5. The summed E-state index contributed by atoms with van der Waals surface area (Å²) in [6.45, 7) is 5.93. The highest BCUT2D eigenvalue weighted by Gasteiger charge is 2.06. The number of aliphatic hydroxyl groups is 1. The van der Waals surface area contributed by atoms with E-state index in [0.717, 1.165) is 28.1 Å². The summed E-state index contributed by atoms with van der Waals surface area (Å²) in [5.41, 5.74) is 3.86. The third kappa shape index (κ3) is 3.55. The van der Waals surface area contributed by atoms with Gasteiger partial charge in [-0.25, -0.2) is 0 Å². The molecule has 0 radical (unpaired) electrons. The predicted molar refractivity (Wildman–Crippen MR) is 76.1 cm³/mol. The molecule has 0 unspecified atom stereocenters. The highest BCUT2D eigenvalue weighted by molar-refractivity contribution is 5.65. The van der Waals surface area contributed by atoms with Gasteiger partial charge in [-0.2, -0.15) is 0 Å². The van der Waals surface area contributed by atoms with E-state index in [0.29, 0.717) is 0 Å². The zero-order valence-electron chi connectivity index (χ0n) is 11.6. The summed E-state index contributed by atoms with van der Waals surface area (Å²) in [7, 11) is 0. The molecule has 0 aliphatic heterocycles. The fraction of sp³-hybridized carbons (Fsp3) is 0.312. The number of aryl methyl sites for hydroxylation is 1. The molecule has 19 heavy (non-hydrogen) atoms. The normalized spacial score (nSPS) is 10.8. The summed E-state index contributed by atoms with van der Waals surface area (Å²) >= 11 is 0. The molecule has 0 aliphatic rings. The quantitative estimate of drug-likeness (QED) is 0.913. The van der Waals surface area contributed by atoms with Crippen LogP contribution in [0.25, 0.3) is 11.1 Å². The van der Waals surface area contributed by atoms with Gasteiger partial charge in [-0.1, -0.05) is 6.07 Å². The fourth-order valence-electron chi connectivity index (χ4n) is 1.90. The van der Waals surface area contributed by atoms with Crippen molar-refractivity contribution in [3.63, 3.8) is 0 Å². The van der Waals surface area contributed by atoms with Gasteiger partial charge in [0.25, 0.3) is 0 Å². The topological polar surface area (TPSA) is 42.4 Å². The predicted octanol–water partition coefficient (Wildman–Crippen LogP) is 3.34. The van der Waals surface area contributed by atoms with Gasteiger partial charge in [0.15, 0.2) is 0 Å². The Labute approximate surface area is 113 Å². The molecule has 0 saturated carbocycles. The Morgan fingerprint density at radius 1 is 1.16 bits per heavy atom. The van der Waals surface area contributed by atoms with Crippen LogP contribution in [0.1, 0.15) is 25.1 Å². The lowest BCUT2D eigenvalue weighted by molar-refractivity contribution is 0.240. The molecular weight excluding hydrogens is 238 g/mol. The van der Waals surface area contributed by atoms with E-state index in [2.05, 4.69) is 4.98 Å². The molecule has 1 N–H and O–H groups in total. The number of aliphatic hydroxyl groups excluding tert-OH is 1. The number of hydrogen-bond acceptors (Lipinski definition) is 3. The van der Waals surface area contributed by atoms with Crippen molar-refractivity contribution >= 4 is 0 Å². The number of nitrogens with zero attached hydrogens (tertiary/aromatic N) is 1. The van der Waals surface area contributed by atoms with Gasteiger partial charge in [0.1, 0.15) is 5.75 Å². The minimum absolute atomic E-state index is 0.00157. The van der Waals surface area contributed by atoms with Crippen LogP contribution in [0.4, 0.5) is 0 Å². The van der Waals surface area contributed by atoms with Crippen LogP contribution in [0.5, 0.6) is 5.75 Å². The van der Waals surface area contributed by atoms with Gasteiger partial charge in [-0.05, 0) is 56.2 Å². The second-order valence-electron chi connectivity index (χ2n) is 4.88. The monoisotopic (exact) mass is 257 g/mol. The molecule has 3 nitrogen and oxygen atoms in total. The first-order valence-corrected chi connectivity index (χ1v) is 6.43. The Morgan fingerprint density at radius 2 is 1.95 bits per heavy atom. The zero-order chi connectivity index (χ0) is 13.8. The molecule has 0 saturated heterocycles. The molecule has 1 aromatic heterocycles. The Morgan fingerprint density at radius 3 is 2.53 bits per heavy atom. The third-order valence-corrected chi connectivity index (χ3v) is 2.77. The number of aromatic nitrogens is 1. The van der Waals surface area contributed by atoms with Crippen molar-refractivity contribution in [2.45, 2.75) is 33.5 Å². The average molecular weight is 257 g/mol. The molecule has 0 atom stereocenters. The molecule has 1 aromatic carbocycles. The van der Waals surface area contributed by atoms with Gasteiger partial charge in [0, 0.05) is 17.5 Å². The molecule has 0 spiro atoms. The maximum Gasteiger partial charge on any atom is 0.120 e. The van der Waals surface area contributed by atoms with Gasteiger partial charge in [0.05, 0.1) is 12.7 Å². The standard InChI is InChI=1S/C16H19NO2/c1-11(2)19-16-7-13(10-18)6-15(8-16)14-5-4-12(3)17-9-14/h4-9,11,18H,10H2,1-3H3. The number of rotatable bonds is 4. The number of hydrogen-bond donors (Lipinski definition) is 1. The third-order valence-electron chi connectivity index (χ3n) is 2.77. The Bertz CT molecular complexity index is 547. The van der Waals surface area contributed by atoms with Crippen molar-refractivity contribution in [1.29, 1.82) is 0 Å². The summed E-state index contributed by atoms with van der Waals surface area (Å²) in [5.74, 6) is 0.775. The fourth-order valence-corrected chi connectivity index (χ4v) is 1.90. The van der Waals surface area contributed by atoms with Crippen LogP contribution in [-0.4, -0.2) is 16.2 Å². The van der Waals surface area contributed by atoms with E-state index in [1.807, 2.05) is 57.3 Å². The summed E-state index contributed by atoms with van der Waals surface area (Å²) in [5, 5.41) is 9.34. The van der Waals surface area contributed by atoms with Crippen LogP contribution < -0.4 is 4.74 Å². The van der Waals surface area contributed by atoms with Crippen LogP contribution in [0.15, 0.2) is 36.5 Å². The van der Waals surface area contributed by atoms with Gasteiger partial charge >= 0.3 is 0 Å². The SMILES string of the molecule is Cc1ccc(-c2cc(CO)cc(OC(C)C)c2)cn1. The van der Waals surface area contributed by atoms with E-state index in [1.54, 1.807) is 0 Å². The molecule has 3 heteroatoms. The smallest absolute Gasteiger partial charge is 0.120 e. The van der Waals surface area contributed by atoms with Crippen molar-refractivity contribution in [1.82, 2.24) is 4.98 Å². The molecule has 100 valence electrons. The lowest BCUT2D eigenvalue weighted by Gasteiger charge is -2.13. The first-order valence-electron chi connectivity index (χ1n) is 6.43. The lowest BCUT2D eigenvalue weighted by Crippen LogP contribution is -2.06. The van der Waals surface area contributed by atoms with Crippen molar-refractivity contribution in [2.24, 2.45) is 0 Å². The second kappa shape index (κ2) is 5.85. The van der Waals surface area contributed by atoms with E-state index in [-0.39, 0.29) is 12.7 Å².